The van der Waals surface area contributed by atoms with Crippen molar-refractivity contribution in [3.05, 3.63) is 62.5 Å². The topological polar surface area (TPSA) is 34.0 Å². The number of nitrogens with zero attached hydrogens (tertiary/aromatic N) is 1. The third-order valence-corrected chi connectivity index (χ3v) is 3.35. The summed E-state index contributed by atoms with van der Waals surface area (Å²) in [6.07, 6.45) is 1.88. The van der Waals surface area contributed by atoms with E-state index >= 15 is 0 Å². The van der Waals surface area contributed by atoms with Gasteiger partial charge in [-0.3, -0.25) is 4.79 Å². The van der Waals surface area contributed by atoms with Crippen LogP contribution in [-0.4, -0.2) is 11.6 Å². The highest BCUT2D eigenvalue weighted by atomic mass is 35.5. The van der Waals surface area contributed by atoms with E-state index in [1.165, 1.54) is 0 Å². The summed E-state index contributed by atoms with van der Waals surface area (Å²) in [7, 11) is 1.83. The number of benzene rings is 1. The number of rotatable bonds is 3. The molecule has 2 rings (SSSR count). The number of pyridine rings is 1. The van der Waals surface area contributed by atoms with Crippen molar-refractivity contribution < 1.29 is 0 Å². The molecule has 0 aliphatic carbocycles. The fraction of sp³-hybridized carbons (Fsp3) is 0.267. The van der Waals surface area contributed by atoms with E-state index in [1.54, 1.807) is 6.07 Å². The van der Waals surface area contributed by atoms with Crippen molar-refractivity contribution >= 4 is 11.6 Å². The summed E-state index contributed by atoms with van der Waals surface area (Å²) < 4.78 is 2.01. The van der Waals surface area contributed by atoms with Crippen molar-refractivity contribution in [1.29, 1.82) is 0 Å². The highest BCUT2D eigenvalue weighted by Crippen LogP contribution is 2.20. The zero-order valence-electron chi connectivity index (χ0n) is 11.3. The van der Waals surface area contributed by atoms with Gasteiger partial charge in [0.15, 0.2) is 5.43 Å². The lowest BCUT2D eigenvalue weighted by Crippen LogP contribution is -2.19. The molecule has 0 saturated heterocycles. The van der Waals surface area contributed by atoms with Gasteiger partial charge in [0.2, 0.25) is 0 Å². The first-order valence-electron chi connectivity index (χ1n) is 6.16. The SMILES string of the molecule is CNCc1cn(-c2cc(Cl)ccc2C)c(C)cc1=O. The Hall–Kier alpha value is -1.58. The molecule has 0 aliphatic rings. The van der Waals surface area contributed by atoms with Crippen molar-refractivity contribution in [1.82, 2.24) is 9.88 Å². The van der Waals surface area contributed by atoms with E-state index in [9.17, 15) is 4.79 Å². The molecule has 1 aromatic heterocycles. The van der Waals surface area contributed by atoms with Gasteiger partial charge < -0.3 is 9.88 Å². The second kappa shape index (κ2) is 5.59. The van der Waals surface area contributed by atoms with Crippen molar-refractivity contribution in [3.8, 4) is 5.69 Å². The third kappa shape index (κ3) is 2.88. The van der Waals surface area contributed by atoms with Crippen LogP contribution in [0.25, 0.3) is 5.69 Å². The minimum absolute atomic E-state index is 0.0581. The van der Waals surface area contributed by atoms with E-state index in [0.29, 0.717) is 11.6 Å². The van der Waals surface area contributed by atoms with Crippen LogP contribution >= 0.6 is 11.6 Å². The summed E-state index contributed by atoms with van der Waals surface area (Å²) in [5, 5.41) is 3.70. The van der Waals surface area contributed by atoms with Crippen LogP contribution in [0.3, 0.4) is 0 Å². The van der Waals surface area contributed by atoms with Crippen LogP contribution in [-0.2, 0) is 6.54 Å². The summed E-state index contributed by atoms with van der Waals surface area (Å²) in [5.41, 5.74) is 3.82. The molecule has 0 aliphatic heterocycles. The molecular formula is C15H17ClN2O. The van der Waals surface area contributed by atoms with Gasteiger partial charge in [-0.15, -0.1) is 0 Å². The first-order chi connectivity index (χ1) is 9.02. The molecule has 0 fully saturated rings. The van der Waals surface area contributed by atoms with Gasteiger partial charge in [0.1, 0.15) is 0 Å². The lowest BCUT2D eigenvalue weighted by Gasteiger charge is -2.15. The molecule has 1 N–H and O–H groups in total. The largest absolute Gasteiger partial charge is 0.320 e. The molecular weight excluding hydrogens is 260 g/mol. The molecule has 0 spiro atoms. The van der Waals surface area contributed by atoms with Crippen molar-refractivity contribution in [3.63, 3.8) is 0 Å². The first kappa shape index (κ1) is 13.8. The number of hydrogen-bond donors (Lipinski definition) is 1. The Morgan fingerprint density at radius 3 is 2.68 bits per heavy atom. The predicted molar refractivity (Wildman–Crippen MR) is 79.3 cm³/mol. The van der Waals surface area contributed by atoms with Crippen LogP contribution in [0, 0.1) is 13.8 Å². The zero-order chi connectivity index (χ0) is 14.0. The maximum Gasteiger partial charge on any atom is 0.186 e. The fourth-order valence-electron chi connectivity index (χ4n) is 2.10. The Morgan fingerprint density at radius 1 is 1.26 bits per heavy atom. The Balaban J connectivity index is 2.64. The van der Waals surface area contributed by atoms with Crippen molar-refractivity contribution in [2.75, 3.05) is 7.05 Å². The highest BCUT2D eigenvalue weighted by Gasteiger charge is 2.07. The molecule has 2 aromatic rings. The van der Waals surface area contributed by atoms with Crippen LogP contribution in [0.4, 0.5) is 0 Å². The van der Waals surface area contributed by atoms with E-state index in [1.807, 2.05) is 49.9 Å². The second-order valence-corrected chi connectivity index (χ2v) is 5.07. The lowest BCUT2D eigenvalue weighted by molar-refractivity contribution is 0.794. The fourth-order valence-corrected chi connectivity index (χ4v) is 2.26. The van der Waals surface area contributed by atoms with Crippen molar-refractivity contribution in [2.24, 2.45) is 0 Å². The average molecular weight is 277 g/mol. The standard InChI is InChI=1S/C15H17ClN2O/c1-10-4-5-13(16)7-14(10)18-9-12(8-17-3)15(19)6-11(18)2/h4-7,9,17H,8H2,1-3H3. The van der Waals surface area contributed by atoms with Gasteiger partial charge in [0.05, 0.1) is 0 Å². The summed E-state index contributed by atoms with van der Waals surface area (Å²) in [5.74, 6) is 0. The van der Waals surface area contributed by atoms with Crippen LogP contribution in [0.15, 0.2) is 35.3 Å². The zero-order valence-corrected chi connectivity index (χ0v) is 12.1. The second-order valence-electron chi connectivity index (χ2n) is 4.64. The van der Waals surface area contributed by atoms with E-state index in [-0.39, 0.29) is 5.43 Å². The number of aryl methyl sites for hydroxylation is 2. The Bertz CT molecular complexity index is 662. The Morgan fingerprint density at radius 2 is 2.00 bits per heavy atom. The normalized spacial score (nSPS) is 10.7. The number of halogens is 1. The van der Waals surface area contributed by atoms with Gasteiger partial charge in [0, 0.05) is 40.8 Å². The highest BCUT2D eigenvalue weighted by molar-refractivity contribution is 6.30. The predicted octanol–water partition coefficient (Wildman–Crippen LogP) is 2.83. The Kier molecular flexibility index (Phi) is 4.08. The molecule has 100 valence electrons. The summed E-state index contributed by atoms with van der Waals surface area (Å²) in [4.78, 5) is 11.9. The Labute approximate surface area is 117 Å². The number of hydrogen-bond acceptors (Lipinski definition) is 2. The molecule has 0 unspecified atom stereocenters. The van der Waals surface area contributed by atoms with Crippen LogP contribution in [0.1, 0.15) is 16.8 Å². The van der Waals surface area contributed by atoms with Crippen LogP contribution < -0.4 is 10.7 Å². The summed E-state index contributed by atoms with van der Waals surface area (Å²) in [6.45, 7) is 4.50. The van der Waals surface area contributed by atoms with Gasteiger partial charge in [-0.05, 0) is 38.6 Å². The van der Waals surface area contributed by atoms with Gasteiger partial charge in [0.25, 0.3) is 0 Å². The first-order valence-corrected chi connectivity index (χ1v) is 6.54. The quantitative estimate of drug-likeness (QED) is 0.935. The van der Waals surface area contributed by atoms with Gasteiger partial charge in [-0.1, -0.05) is 17.7 Å². The molecule has 0 saturated carbocycles. The summed E-state index contributed by atoms with van der Waals surface area (Å²) in [6, 6.07) is 7.42. The molecule has 0 atom stereocenters. The molecule has 4 heteroatoms. The molecule has 1 heterocycles. The lowest BCUT2D eigenvalue weighted by atomic mass is 10.1. The number of nitrogens with one attached hydrogen (secondary N) is 1. The maximum atomic E-state index is 11.9. The van der Waals surface area contributed by atoms with Crippen LogP contribution in [0.5, 0.6) is 0 Å². The molecule has 0 amide bonds. The molecule has 1 aromatic carbocycles. The van der Waals surface area contributed by atoms with Gasteiger partial charge >= 0.3 is 0 Å². The monoisotopic (exact) mass is 276 g/mol. The average Bonchev–Trinajstić information content (AvgIpc) is 2.36. The minimum atomic E-state index is 0.0581. The van der Waals surface area contributed by atoms with E-state index in [4.69, 9.17) is 11.6 Å². The van der Waals surface area contributed by atoms with Gasteiger partial charge in [-0.2, -0.15) is 0 Å². The van der Waals surface area contributed by atoms with Gasteiger partial charge in [-0.25, -0.2) is 0 Å². The van der Waals surface area contributed by atoms with Crippen LogP contribution in [0.2, 0.25) is 5.02 Å². The third-order valence-electron chi connectivity index (χ3n) is 3.12. The molecule has 0 radical (unpaired) electrons. The molecule has 19 heavy (non-hydrogen) atoms. The molecule has 3 nitrogen and oxygen atoms in total. The van der Waals surface area contributed by atoms with E-state index < -0.39 is 0 Å². The maximum absolute atomic E-state index is 11.9. The minimum Gasteiger partial charge on any atom is -0.320 e. The van der Waals surface area contributed by atoms with E-state index in [2.05, 4.69) is 5.32 Å². The summed E-state index contributed by atoms with van der Waals surface area (Å²) >= 11 is 6.06. The van der Waals surface area contributed by atoms with E-state index in [0.717, 1.165) is 22.5 Å². The smallest absolute Gasteiger partial charge is 0.186 e. The number of aromatic nitrogens is 1. The molecule has 0 bridgehead atoms. The van der Waals surface area contributed by atoms with Crippen molar-refractivity contribution in [2.45, 2.75) is 20.4 Å².